The summed E-state index contributed by atoms with van der Waals surface area (Å²) in [4.78, 5) is 37.7. The van der Waals surface area contributed by atoms with Crippen LogP contribution in [0.4, 0.5) is 15.8 Å². The zero-order valence-electron chi connectivity index (χ0n) is 14.8. The molecule has 1 N–H and O–H groups in total. The molecule has 0 unspecified atom stereocenters. The van der Waals surface area contributed by atoms with E-state index in [1.54, 1.807) is 6.07 Å². The molecule has 6 nitrogen and oxygen atoms in total. The lowest BCUT2D eigenvalue weighted by atomic mass is 10.1. The van der Waals surface area contributed by atoms with Gasteiger partial charge in [0.2, 0.25) is 5.91 Å². The number of nitrogens with zero attached hydrogens (tertiary/aromatic N) is 1. The molecule has 3 rings (SSSR count). The van der Waals surface area contributed by atoms with Crippen LogP contribution in [0.25, 0.3) is 0 Å². The van der Waals surface area contributed by atoms with E-state index < -0.39 is 30.2 Å². The average molecular weight is 370 g/mol. The minimum Gasteiger partial charge on any atom is -0.455 e. The van der Waals surface area contributed by atoms with E-state index >= 15 is 0 Å². The molecule has 1 saturated heterocycles. The number of esters is 1. The maximum absolute atomic E-state index is 13.5. The third-order valence-electron chi connectivity index (χ3n) is 4.30. The Labute approximate surface area is 155 Å². The zero-order valence-corrected chi connectivity index (χ0v) is 14.8. The van der Waals surface area contributed by atoms with Crippen molar-refractivity contribution in [3.05, 3.63) is 59.9 Å². The van der Waals surface area contributed by atoms with Crippen molar-refractivity contribution in [2.24, 2.45) is 5.92 Å². The molecule has 2 aromatic carbocycles. The summed E-state index contributed by atoms with van der Waals surface area (Å²) in [6, 6.07) is 13.1. The molecule has 1 atom stereocenters. The highest BCUT2D eigenvalue weighted by Crippen LogP contribution is 2.26. The number of para-hydroxylation sites is 1. The normalized spacial score (nSPS) is 16.3. The van der Waals surface area contributed by atoms with Crippen LogP contribution in [-0.4, -0.2) is 30.9 Å². The Hall–Kier alpha value is -3.22. The highest BCUT2D eigenvalue weighted by atomic mass is 19.1. The predicted molar refractivity (Wildman–Crippen MR) is 97.6 cm³/mol. The van der Waals surface area contributed by atoms with E-state index in [4.69, 9.17) is 4.74 Å². The van der Waals surface area contributed by atoms with Crippen molar-refractivity contribution in [3.8, 4) is 0 Å². The molecule has 1 aliphatic heterocycles. The highest BCUT2D eigenvalue weighted by molar-refractivity contribution is 6.00. The van der Waals surface area contributed by atoms with Crippen molar-refractivity contribution in [2.45, 2.75) is 13.3 Å². The Bertz CT molecular complexity index is 867. The summed E-state index contributed by atoms with van der Waals surface area (Å²) in [5.41, 5.74) is 1.81. The molecule has 1 heterocycles. The molecule has 0 aromatic heterocycles. The summed E-state index contributed by atoms with van der Waals surface area (Å²) < 4.78 is 18.5. The molecule has 2 aromatic rings. The van der Waals surface area contributed by atoms with Crippen molar-refractivity contribution >= 4 is 29.2 Å². The first kappa shape index (κ1) is 18.6. The van der Waals surface area contributed by atoms with Crippen LogP contribution in [0.2, 0.25) is 0 Å². The van der Waals surface area contributed by atoms with Gasteiger partial charge in [0.25, 0.3) is 5.91 Å². The SMILES string of the molecule is Cc1ccc(N2C[C@@H](C(=O)OCC(=O)Nc3ccccc3F)CC2=O)cc1. The smallest absolute Gasteiger partial charge is 0.311 e. The average Bonchev–Trinajstić information content (AvgIpc) is 3.04. The summed E-state index contributed by atoms with van der Waals surface area (Å²) >= 11 is 0. The molecule has 7 heteroatoms. The molecule has 140 valence electrons. The van der Waals surface area contributed by atoms with Gasteiger partial charge in [-0.3, -0.25) is 14.4 Å². The van der Waals surface area contributed by atoms with Gasteiger partial charge in [-0.2, -0.15) is 0 Å². The van der Waals surface area contributed by atoms with Gasteiger partial charge >= 0.3 is 5.97 Å². The van der Waals surface area contributed by atoms with Crippen LogP contribution in [0.3, 0.4) is 0 Å². The molecule has 0 aliphatic carbocycles. The number of ether oxygens (including phenoxy) is 1. The first-order chi connectivity index (χ1) is 12.9. The topological polar surface area (TPSA) is 75.7 Å². The third kappa shape index (κ3) is 4.49. The number of amides is 2. The fourth-order valence-corrected chi connectivity index (χ4v) is 2.84. The zero-order chi connectivity index (χ0) is 19.4. The van der Waals surface area contributed by atoms with Crippen molar-refractivity contribution in [3.63, 3.8) is 0 Å². The van der Waals surface area contributed by atoms with Gasteiger partial charge in [0.05, 0.1) is 11.6 Å². The number of rotatable bonds is 5. The van der Waals surface area contributed by atoms with E-state index in [0.29, 0.717) is 0 Å². The number of nitrogens with one attached hydrogen (secondary N) is 1. The molecule has 2 amide bonds. The van der Waals surface area contributed by atoms with Crippen LogP contribution < -0.4 is 10.2 Å². The van der Waals surface area contributed by atoms with Gasteiger partial charge in [0.1, 0.15) is 5.82 Å². The van der Waals surface area contributed by atoms with Crippen molar-refractivity contribution in [1.29, 1.82) is 0 Å². The number of benzene rings is 2. The minimum atomic E-state index is -0.645. The summed E-state index contributed by atoms with van der Waals surface area (Å²) in [6.45, 7) is 1.61. The molecule has 0 bridgehead atoms. The van der Waals surface area contributed by atoms with Crippen molar-refractivity contribution < 1.29 is 23.5 Å². The molecule has 27 heavy (non-hydrogen) atoms. The van der Waals surface area contributed by atoms with Crippen LogP contribution in [0, 0.1) is 18.7 Å². The van der Waals surface area contributed by atoms with E-state index in [-0.39, 0.29) is 24.6 Å². The molecule has 0 spiro atoms. The number of hydrogen-bond donors (Lipinski definition) is 1. The van der Waals surface area contributed by atoms with Crippen LogP contribution >= 0.6 is 0 Å². The second kappa shape index (κ2) is 7.99. The van der Waals surface area contributed by atoms with Crippen molar-refractivity contribution in [1.82, 2.24) is 0 Å². The lowest BCUT2D eigenvalue weighted by Gasteiger charge is -2.16. The van der Waals surface area contributed by atoms with E-state index in [0.717, 1.165) is 11.3 Å². The van der Waals surface area contributed by atoms with Gasteiger partial charge in [0, 0.05) is 18.7 Å². The first-order valence-electron chi connectivity index (χ1n) is 8.52. The Morgan fingerprint density at radius 3 is 2.59 bits per heavy atom. The Morgan fingerprint density at radius 1 is 1.19 bits per heavy atom. The second-order valence-corrected chi connectivity index (χ2v) is 6.38. The molecule has 0 radical (unpaired) electrons. The molecule has 1 aliphatic rings. The summed E-state index contributed by atoms with van der Waals surface area (Å²) in [7, 11) is 0. The van der Waals surface area contributed by atoms with Crippen LogP contribution in [0.1, 0.15) is 12.0 Å². The van der Waals surface area contributed by atoms with Gasteiger partial charge in [-0.05, 0) is 31.2 Å². The van der Waals surface area contributed by atoms with Crippen LogP contribution in [0.5, 0.6) is 0 Å². The largest absolute Gasteiger partial charge is 0.455 e. The summed E-state index contributed by atoms with van der Waals surface area (Å²) in [5.74, 6) is -2.65. The number of anilines is 2. The number of halogens is 1. The summed E-state index contributed by atoms with van der Waals surface area (Å²) in [5, 5.41) is 2.34. The maximum Gasteiger partial charge on any atom is 0.311 e. The van der Waals surface area contributed by atoms with Crippen LogP contribution in [-0.2, 0) is 19.1 Å². The van der Waals surface area contributed by atoms with E-state index in [2.05, 4.69) is 5.32 Å². The summed E-state index contributed by atoms with van der Waals surface area (Å²) in [6.07, 6.45) is 0.0294. The highest BCUT2D eigenvalue weighted by Gasteiger charge is 2.36. The molecular formula is C20H19FN2O4. The maximum atomic E-state index is 13.5. The number of carbonyl (C=O) groups excluding carboxylic acids is 3. The lowest BCUT2D eigenvalue weighted by molar-refractivity contribution is -0.151. The number of hydrogen-bond acceptors (Lipinski definition) is 4. The minimum absolute atomic E-state index is 0.0140. The van der Waals surface area contributed by atoms with Gasteiger partial charge in [0.15, 0.2) is 6.61 Å². The Kier molecular flexibility index (Phi) is 5.49. The number of carbonyl (C=O) groups is 3. The quantitative estimate of drug-likeness (QED) is 0.821. The standard InChI is InChI=1S/C20H19FN2O4/c1-13-6-8-15(9-7-13)23-11-14(10-19(23)25)20(26)27-12-18(24)22-17-5-3-2-4-16(17)21/h2-9,14H,10-12H2,1H3,(H,22,24)/t14-/m0/s1. The Balaban J connectivity index is 1.53. The van der Waals surface area contributed by atoms with E-state index in [9.17, 15) is 18.8 Å². The van der Waals surface area contributed by atoms with Crippen LogP contribution in [0.15, 0.2) is 48.5 Å². The van der Waals surface area contributed by atoms with E-state index in [1.807, 2.05) is 31.2 Å². The lowest BCUT2D eigenvalue weighted by Crippen LogP contribution is -2.28. The monoisotopic (exact) mass is 370 g/mol. The van der Waals surface area contributed by atoms with Gasteiger partial charge in [-0.1, -0.05) is 29.8 Å². The fraction of sp³-hybridized carbons (Fsp3) is 0.250. The first-order valence-corrected chi connectivity index (χ1v) is 8.52. The molecule has 0 saturated carbocycles. The van der Waals surface area contributed by atoms with E-state index in [1.165, 1.54) is 23.1 Å². The number of aryl methyl sites for hydroxylation is 1. The van der Waals surface area contributed by atoms with Gasteiger partial charge in [-0.15, -0.1) is 0 Å². The third-order valence-corrected chi connectivity index (χ3v) is 4.30. The van der Waals surface area contributed by atoms with Gasteiger partial charge < -0.3 is 15.0 Å². The second-order valence-electron chi connectivity index (χ2n) is 6.38. The fourth-order valence-electron chi connectivity index (χ4n) is 2.84. The van der Waals surface area contributed by atoms with Gasteiger partial charge in [-0.25, -0.2) is 4.39 Å². The Morgan fingerprint density at radius 2 is 1.89 bits per heavy atom. The van der Waals surface area contributed by atoms with Crippen molar-refractivity contribution in [2.75, 3.05) is 23.4 Å². The molecular weight excluding hydrogens is 351 g/mol. The molecule has 1 fully saturated rings. The predicted octanol–water partition coefficient (Wildman–Crippen LogP) is 2.67.